The van der Waals surface area contributed by atoms with Gasteiger partial charge >= 0.3 is 0 Å². The number of fused-ring (bicyclic) bond motifs is 3. The van der Waals surface area contributed by atoms with E-state index in [1.165, 1.54) is 0 Å². The third kappa shape index (κ3) is 5.13. The molecule has 3 heterocycles. The highest BCUT2D eigenvalue weighted by Gasteiger charge is 2.53. The van der Waals surface area contributed by atoms with Crippen molar-refractivity contribution in [3.8, 4) is 0 Å². The molecule has 3 aliphatic heterocycles. The van der Waals surface area contributed by atoms with Crippen LogP contribution in [0, 0.1) is 5.92 Å². The highest BCUT2D eigenvalue weighted by Crippen LogP contribution is 2.51. The van der Waals surface area contributed by atoms with Crippen LogP contribution in [0.4, 0.5) is 0 Å². The fraction of sp³-hybridized carbons (Fsp3) is 0.481. The van der Waals surface area contributed by atoms with Crippen molar-refractivity contribution in [3.63, 3.8) is 0 Å². The standard InChI is InChI=1S/C27H30BrCl2N3O2/c1-16(17-2-4-19(28)5-3-17)24(25(34)31-23-15-33-12-8-18(23)9-13-33)32-26(35)27(10-11-27)21-7-6-20(29)14-22(21)30/h2-7,14,16,18,23-24H,8-13,15H2,1H3,(H,31,34)(H,32,35)/t16?,23-,24?/m1/s1. The Morgan fingerprint density at radius 1 is 1.09 bits per heavy atom. The first-order valence-corrected chi connectivity index (χ1v) is 13.9. The molecule has 0 spiro atoms. The van der Waals surface area contributed by atoms with E-state index in [1.54, 1.807) is 12.1 Å². The monoisotopic (exact) mass is 577 g/mol. The summed E-state index contributed by atoms with van der Waals surface area (Å²) < 4.78 is 0.972. The van der Waals surface area contributed by atoms with E-state index >= 15 is 0 Å². The van der Waals surface area contributed by atoms with Gasteiger partial charge in [0.1, 0.15) is 6.04 Å². The molecule has 8 heteroatoms. The lowest BCUT2D eigenvalue weighted by atomic mass is 9.83. The van der Waals surface area contributed by atoms with Crippen LogP contribution in [0.25, 0.3) is 0 Å². The minimum atomic E-state index is -0.713. The van der Waals surface area contributed by atoms with Crippen LogP contribution >= 0.6 is 39.1 Å². The van der Waals surface area contributed by atoms with E-state index in [4.69, 9.17) is 23.2 Å². The zero-order valence-electron chi connectivity index (χ0n) is 19.7. The van der Waals surface area contributed by atoms with Crippen LogP contribution in [0.2, 0.25) is 10.0 Å². The molecule has 4 fully saturated rings. The molecule has 1 saturated carbocycles. The van der Waals surface area contributed by atoms with E-state index in [-0.39, 0.29) is 23.8 Å². The van der Waals surface area contributed by atoms with Crippen molar-refractivity contribution in [3.05, 3.63) is 68.1 Å². The second-order valence-corrected chi connectivity index (χ2v) is 12.0. The van der Waals surface area contributed by atoms with E-state index < -0.39 is 11.5 Å². The summed E-state index contributed by atoms with van der Waals surface area (Å²) in [5, 5.41) is 7.46. The number of piperidine rings is 3. The van der Waals surface area contributed by atoms with Crippen molar-refractivity contribution in [2.75, 3.05) is 19.6 Å². The topological polar surface area (TPSA) is 61.4 Å². The number of nitrogens with zero attached hydrogens (tertiary/aromatic N) is 1. The number of nitrogens with one attached hydrogen (secondary N) is 2. The van der Waals surface area contributed by atoms with Crippen molar-refractivity contribution in [1.29, 1.82) is 0 Å². The summed E-state index contributed by atoms with van der Waals surface area (Å²) in [4.78, 5) is 29.8. The predicted molar refractivity (Wildman–Crippen MR) is 143 cm³/mol. The van der Waals surface area contributed by atoms with Crippen LogP contribution in [-0.4, -0.2) is 48.4 Å². The maximum absolute atomic E-state index is 13.7. The molecule has 3 saturated heterocycles. The fourth-order valence-electron chi connectivity index (χ4n) is 5.68. The molecular weight excluding hydrogens is 549 g/mol. The minimum Gasteiger partial charge on any atom is -0.350 e. The van der Waals surface area contributed by atoms with Crippen LogP contribution in [0.5, 0.6) is 0 Å². The van der Waals surface area contributed by atoms with Gasteiger partial charge in [-0.15, -0.1) is 0 Å². The number of hydrogen-bond donors (Lipinski definition) is 2. The van der Waals surface area contributed by atoms with Gasteiger partial charge in [-0.05, 0) is 80.1 Å². The molecule has 5 nitrogen and oxygen atoms in total. The normalized spacial score (nSPS) is 26.0. The highest BCUT2D eigenvalue weighted by molar-refractivity contribution is 9.10. The van der Waals surface area contributed by atoms with E-state index in [0.717, 1.165) is 48.1 Å². The number of hydrogen-bond acceptors (Lipinski definition) is 3. The number of halogens is 3. The molecule has 2 unspecified atom stereocenters. The molecular formula is C27H30BrCl2N3O2. The lowest BCUT2D eigenvalue weighted by Crippen LogP contribution is -2.61. The number of amides is 2. The third-order valence-corrected chi connectivity index (χ3v) is 9.16. The summed E-state index contributed by atoms with van der Waals surface area (Å²) in [6.07, 6.45) is 3.62. The van der Waals surface area contributed by atoms with Crippen LogP contribution in [0.3, 0.4) is 0 Å². The summed E-state index contributed by atoms with van der Waals surface area (Å²) in [5.41, 5.74) is 1.06. The Balaban J connectivity index is 1.39. The molecule has 2 aromatic carbocycles. The van der Waals surface area contributed by atoms with Gasteiger partial charge < -0.3 is 15.5 Å². The highest BCUT2D eigenvalue weighted by atomic mass is 79.9. The van der Waals surface area contributed by atoms with Gasteiger partial charge in [0.25, 0.3) is 0 Å². The predicted octanol–water partition coefficient (Wildman–Crippen LogP) is 5.29. The van der Waals surface area contributed by atoms with Crippen LogP contribution in [0.1, 0.15) is 49.7 Å². The molecule has 1 aliphatic carbocycles. The van der Waals surface area contributed by atoms with Crippen LogP contribution in [-0.2, 0) is 15.0 Å². The minimum absolute atomic E-state index is 0.120. The Morgan fingerprint density at radius 3 is 2.34 bits per heavy atom. The molecule has 0 aromatic heterocycles. The maximum Gasteiger partial charge on any atom is 0.243 e. The van der Waals surface area contributed by atoms with Crippen molar-refractivity contribution >= 4 is 50.9 Å². The second kappa shape index (κ2) is 10.0. The Bertz CT molecular complexity index is 1110. The Kier molecular flexibility index (Phi) is 7.19. The average Bonchev–Trinajstić information content (AvgIpc) is 3.65. The molecule has 3 atom stereocenters. The molecule has 186 valence electrons. The van der Waals surface area contributed by atoms with Gasteiger partial charge in [-0.3, -0.25) is 9.59 Å². The average molecular weight is 579 g/mol. The molecule has 2 aromatic rings. The molecule has 2 amide bonds. The zero-order chi connectivity index (χ0) is 24.7. The first-order chi connectivity index (χ1) is 16.8. The van der Waals surface area contributed by atoms with E-state index in [2.05, 4.69) is 31.5 Å². The number of carbonyl (C=O) groups excluding carboxylic acids is 2. The summed E-state index contributed by atoms with van der Waals surface area (Å²) in [7, 11) is 0. The molecule has 2 N–H and O–H groups in total. The van der Waals surface area contributed by atoms with Gasteiger partial charge in [-0.2, -0.15) is 0 Å². The van der Waals surface area contributed by atoms with E-state index in [0.29, 0.717) is 28.8 Å². The second-order valence-electron chi connectivity index (χ2n) is 10.3. The lowest BCUT2D eigenvalue weighted by Gasteiger charge is -2.45. The van der Waals surface area contributed by atoms with Crippen molar-refractivity contribution in [2.45, 2.75) is 56.0 Å². The first-order valence-electron chi connectivity index (χ1n) is 12.3. The number of benzene rings is 2. The Labute approximate surface area is 225 Å². The Morgan fingerprint density at radius 2 is 1.77 bits per heavy atom. The molecule has 4 aliphatic rings. The fourth-order valence-corrected chi connectivity index (χ4v) is 6.53. The van der Waals surface area contributed by atoms with Crippen LogP contribution in [0.15, 0.2) is 46.9 Å². The SMILES string of the molecule is CC(c1ccc(Br)cc1)C(NC(=O)C1(c2ccc(Cl)cc2Cl)CC1)C(=O)N[C@@H]1CN2CCC1CC2. The van der Waals surface area contributed by atoms with Crippen molar-refractivity contribution in [2.24, 2.45) is 5.92 Å². The number of rotatable bonds is 7. The molecule has 0 radical (unpaired) electrons. The summed E-state index contributed by atoms with van der Waals surface area (Å²) in [6, 6.07) is 12.6. The van der Waals surface area contributed by atoms with Crippen LogP contribution < -0.4 is 10.6 Å². The quantitative estimate of drug-likeness (QED) is 0.469. The van der Waals surface area contributed by atoms with Crippen molar-refractivity contribution < 1.29 is 9.59 Å². The van der Waals surface area contributed by atoms with Gasteiger partial charge in [0.2, 0.25) is 11.8 Å². The van der Waals surface area contributed by atoms with Gasteiger partial charge in [0, 0.05) is 33.0 Å². The maximum atomic E-state index is 13.7. The summed E-state index contributed by atoms with van der Waals surface area (Å²) in [5.74, 6) is 0.0285. The smallest absolute Gasteiger partial charge is 0.243 e. The van der Waals surface area contributed by atoms with Gasteiger partial charge in [-0.25, -0.2) is 0 Å². The first kappa shape index (κ1) is 25.1. The Hall–Kier alpha value is -1.60. The van der Waals surface area contributed by atoms with Gasteiger partial charge in [0.05, 0.1) is 5.41 Å². The van der Waals surface area contributed by atoms with E-state index in [1.807, 2.05) is 37.3 Å². The zero-order valence-corrected chi connectivity index (χ0v) is 22.8. The lowest BCUT2D eigenvalue weighted by molar-refractivity contribution is -0.131. The van der Waals surface area contributed by atoms with Gasteiger partial charge in [-0.1, -0.05) is 64.3 Å². The summed E-state index contributed by atoms with van der Waals surface area (Å²) in [6.45, 7) is 5.10. The molecule has 6 rings (SSSR count). The molecule has 35 heavy (non-hydrogen) atoms. The molecule has 2 bridgehead atoms. The third-order valence-electron chi connectivity index (χ3n) is 8.08. The van der Waals surface area contributed by atoms with Crippen molar-refractivity contribution in [1.82, 2.24) is 15.5 Å². The number of carbonyl (C=O) groups is 2. The van der Waals surface area contributed by atoms with Gasteiger partial charge in [0.15, 0.2) is 0 Å². The van der Waals surface area contributed by atoms with E-state index in [9.17, 15) is 9.59 Å². The summed E-state index contributed by atoms with van der Waals surface area (Å²) >= 11 is 16.1. The largest absolute Gasteiger partial charge is 0.350 e.